The van der Waals surface area contributed by atoms with Crippen LogP contribution in [0.15, 0.2) is 42.5 Å². The number of hydrogen-bond acceptors (Lipinski definition) is 3. The Hall–Kier alpha value is -2.36. The molecule has 2 aromatic rings. The molecule has 3 nitrogen and oxygen atoms in total. The van der Waals surface area contributed by atoms with Gasteiger partial charge in [-0.3, -0.25) is 4.79 Å². The van der Waals surface area contributed by atoms with Crippen molar-refractivity contribution in [2.45, 2.75) is 0 Å². The van der Waals surface area contributed by atoms with Crippen molar-refractivity contribution >= 4 is 6.29 Å². The Morgan fingerprint density at radius 1 is 1.06 bits per heavy atom. The lowest BCUT2D eigenvalue weighted by Crippen LogP contribution is -1.92. The van der Waals surface area contributed by atoms with Crippen LogP contribution in [0.2, 0.25) is 0 Å². The quantitative estimate of drug-likeness (QED) is 0.775. The van der Waals surface area contributed by atoms with Crippen LogP contribution in [0, 0.1) is 5.82 Å². The van der Waals surface area contributed by atoms with Gasteiger partial charge in [-0.25, -0.2) is 4.39 Å². The lowest BCUT2D eigenvalue weighted by atomic mass is 10.2. The SMILES string of the molecule is COc1cc(Oc2ccc(F)cc2)ccc1C=O. The smallest absolute Gasteiger partial charge is 0.153 e. The van der Waals surface area contributed by atoms with Crippen LogP contribution in [0.4, 0.5) is 4.39 Å². The standard InChI is InChI=1S/C14H11FO3/c1-17-14-8-13(5-2-10(14)9-16)18-12-6-3-11(15)4-7-12/h2-9H,1H3. The van der Waals surface area contributed by atoms with E-state index in [-0.39, 0.29) is 5.82 Å². The molecule has 0 amide bonds. The van der Waals surface area contributed by atoms with Gasteiger partial charge < -0.3 is 9.47 Å². The zero-order chi connectivity index (χ0) is 13.0. The van der Waals surface area contributed by atoms with Crippen LogP contribution in [0.3, 0.4) is 0 Å². The molecule has 0 aromatic heterocycles. The minimum atomic E-state index is -0.323. The van der Waals surface area contributed by atoms with E-state index in [2.05, 4.69) is 0 Å². The van der Waals surface area contributed by atoms with Gasteiger partial charge in [0.05, 0.1) is 12.7 Å². The normalized spacial score (nSPS) is 9.89. The van der Waals surface area contributed by atoms with Crippen LogP contribution in [0.25, 0.3) is 0 Å². The van der Waals surface area contributed by atoms with Crippen molar-refractivity contribution in [3.8, 4) is 17.2 Å². The van der Waals surface area contributed by atoms with E-state index in [1.54, 1.807) is 18.2 Å². The van der Waals surface area contributed by atoms with Crippen molar-refractivity contribution in [2.75, 3.05) is 7.11 Å². The van der Waals surface area contributed by atoms with Gasteiger partial charge in [0, 0.05) is 6.07 Å². The van der Waals surface area contributed by atoms with Gasteiger partial charge in [-0.05, 0) is 36.4 Å². The highest BCUT2D eigenvalue weighted by Gasteiger charge is 2.05. The van der Waals surface area contributed by atoms with Gasteiger partial charge in [0.25, 0.3) is 0 Å². The second kappa shape index (κ2) is 5.31. The number of aldehydes is 1. The summed E-state index contributed by atoms with van der Waals surface area (Å²) < 4.78 is 23.3. The summed E-state index contributed by atoms with van der Waals surface area (Å²) in [6.45, 7) is 0. The summed E-state index contributed by atoms with van der Waals surface area (Å²) in [5.74, 6) is 1.14. The Balaban J connectivity index is 2.24. The average Bonchev–Trinajstić information content (AvgIpc) is 2.41. The molecule has 0 radical (unpaired) electrons. The van der Waals surface area contributed by atoms with E-state index in [9.17, 15) is 9.18 Å². The third kappa shape index (κ3) is 2.66. The molecule has 4 heteroatoms. The van der Waals surface area contributed by atoms with Crippen molar-refractivity contribution in [1.82, 2.24) is 0 Å². The van der Waals surface area contributed by atoms with Gasteiger partial charge in [0.15, 0.2) is 6.29 Å². The van der Waals surface area contributed by atoms with Gasteiger partial charge in [0.1, 0.15) is 23.1 Å². The molecule has 2 aromatic carbocycles. The molecule has 0 aliphatic carbocycles. The molecule has 0 aliphatic rings. The second-order valence-corrected chi connectivity index (χ2v) is 3.58. The third-order valence-corrected chi connectivity index (χ3v) is 2.38. The fraction of sp³-hybridized carbons (Fsp3) is 0.0714. The Morgan fingerprint density at radius 3 is 2.33 bits per heavy atom. The third-order valence-electron chi connectivity index (χ3n) is 2.38. The topological polar surface area (TPSA) is 35.5 Å². The summed E-state index contributed by atoms with van der Waals surface area (Å²) in [6.07, 6.45) is 0.709. The maximum atomic E-state index is 12.7. The van der Waals surface area contributed by atoms with Crippen molar-refractivity contribution in [3.63, 3.8) is 0 Å². The Morgan fingerprint density at radius 2 is 1.72 bits per heavy atom. The Labute approximate surface area is 104 Å². The predicted molar refractivity (Wildman–Crippen MR) is 64.9 cm³/mol. The van der Waals surface area contributed by atoms with Crippen LogP contribution in [-0.4, -0.2) is 13.4 Å². The molecule has 0 heterocycles. The number of hydrogen-bond donors (Lipinski definition) is 0. The summed E-state index contributed by atoms with van der Waals surface area (Å²) in [6, 6.07) is 10.5. The molecule has 18 heavy (non-hydrogen) atoms. The van der Waals surface area contributed by atoms with Crippen molar-refractivity contribution in [2.24, 2.45) is 0 Å². The first kappa shape index (κ1) is 12.1. The molecule has 2 rings (SSSR count). The lowest BCUT2D eigenvalue weighted by molar-refractivity contribution is 0.112. The van der Waals surface area contributed by atoms with Gasteiger partial charge in [0.2, 0.25) is 0 Å². The van der Waals surface area contributed by atoms with Gasteiger partial charge in [-0.1, -0.05) is 0 Å². The average molecular weight is 246 g/mol. The molecular formula is C14H11FO3. The maximum Gasteiger partial charge on any atom is 0.153 e. The number of carbonyl (C=O) groups is 1. The van der Waals surface area contributed by atoms with Crippen LogP contribution in [-0.2, 0) is 0 Å². The molecule has 0 fully saturated rings. The number of rotatable bonds is 4. The molecule has 0 bridgehead atoms. The number of methoxy groups -OCH3 is 1. The van der Waals surface area contributed by atoms with E-state index < -0.39 is 0 Å². The first-order valence-corrected chi connectivity index (χ1v) is 5.29. The van der Waals surface area contributed by atoms with Gasteiger partial charge >= 0.3 is 0 Å². The Kier molecular flexibility index (Phi) is 3.57. The van der Waals surface area contributed by atoms with Crippen LogP contribution >= 0.6 is 0 Å². The summed E-state index contributed by atoms with van der Waals surface area (Å²) >= 11 is 0. The predicted octanol–water partition coefficient (Wildman–Crippen LogP) is 3.44. The zero-order valence-corrected chi connectivity index (χ0v) is 9.72. The first-order valence-electron chi connectivity index (χ1n) is 5.29. The number of halogens is 1. The minimum absolute atomic E-state index is 0.323. The fourth-order valence-corrected chi connectivity index (χ4v) is 1.49. The molecule has 0 unspecified atom stereocenters. The zero-order valence-electron chi connectivity index (χ0n) is 9.72. The van der Waals surface area contributed by atoms with E-state index in [0.29, 0.717) is 29.1 Å². The molecule has 92 valence electrons. The van der Waals surface area contributed by atoms with Crippen LogP contribution in [0.1, 0.15) is 10.4 Å². The van der Waals surface area contributed by atoms with Crippen LogP contribution < -0.4 is 9.47 Å². The number of carbonyl (C=O) groups excluding carboxylic acids is 1. The highest BCUT2D eigenvalue weighted by molar-refractivity contribution is 5.79. The molecule has 0 spiro atoms. The van der Waals surface area contributed by atoms with Crippen LogP contribution in [0.5, 0.6) is 17.2 Å². The largest absolute Gasteiger partial charge is 0.496 e. The highest BCUT2D eigenvalue weighted by atomic mass is 19.1. The summed E-state index contributed by atoms with van der Waals surface area (Å²) in [4.78, 5) is 10.7. The van der Waals surface area contributed by atoms with E-state index in [1.807, 2.05) is 0 Å². The second-order valence-electron chi connectivity index (χ2n) is 3.58. The lowest BCUT2D eigenvalue weighted by Gasteiger charge is -2.08. The van der Waals surface area contributed by atoms with Gasteiger partial charge in [-0.2, -0.15) is 0 Å². The van der Waals surface area contributed by atoms with E-state index >= 15 is 0 Å². The molecule has 0 aliphatic heterocycles. The molecule has 0 atom stereocenters. The molecular weight excluding hydrogens is 235 g/mol. The van der Waals surface area contributed by atoms with Crippen molar-refractivity contribution in [1.29, 1.82) is 0 Å². The van der Waals surface area contributed by atoms with E-state index in [0.717, 1.165) is 0 Å². The van der Waals surface area contributed by atoms with Crippen molar-refractivity contribution < 1.29 is 18.7 Å². The summed E-state index contributed by atoms with van der Waals surface area (Å²) in [5, 5.41) is 0. The minimum Gasteiger partial charge on any atom is -0.496 e. The number of benzene rings is 2. The monoisotopic (exact) mass is 246 g/mol. The fourth-order valence-electron chi connectivity index (χ4n) is 1.49. The number of ether oxygens (including phenoxy) is 2. The van der Waals surface area contributed by atoms with Crippen molar-refractivity contribution in [3.05, 3.63) is 53.8 Å². The first-order chi connectivity index (χ1) is 8.72. The van der Waals surface area contributed by atoms with E-state index in [1.165, 1.54) is 31.4 Å². The van der Waals surface area contributed by atoms with E-state index in [4.69, 9.17) is 9.47 Å². The molecule has 0 saturated carbocycles. The maximum absolute atomic E-state index is 12.7. The Bertz CT molecular complexity index is 549. The molecule has 0 saturated heterocycles. The summed E-state index contributed by atoms with van der Waals surface area (Å²) in [5.41, 5.74) is 0.448. The summed E-state index contributed by atoms with van der Waals surface area (Å²) in [7, 11) is 1.48. The molecule has 0 N–H and O–H groups in total. The highest BCUT2D eigenvalue weighted by Crippen LogP contribution is 2.27. The van der Waals surface area contributed by atoms with Gasteiger partial charge in [-0.15, -0.1) is 0 Å².